The third-order valence-corrected chi connectivity index (χ3v) is 4.40. The van der Waals surface area contributed by atoms with Gasteiger partial charge in [-0.05, 0) is 25.0 Å². The van der Waals surface area contributed by atoms with Crippen molar-refractivity contribution in [3.8, 4) is 0 Å². The van der Waals surface area contributed by atoms with Gasteiger partial charge in [-0.15, -0.1) is 11.3 Å². The van der Waals surface area contributed by atoms with E-state index in [-0.39, 0.29) is 18.3 Å². The molecule has 0 spiro atoms. The molecule has 1 fully saturated rings. The van der Waals surface area contributed by atoms with Crippen LogP contribution in [0, 0.1) is 0 Å². The number of nitrogens with one attached hydrogen (secondary N) is 2. The number of rotatable bonds is 5. The van der Waals surface area contributed by atoms with Gasteiger partial charge in [0.1, 0.15) is 6.54 Å². The standard InChI is InChI=1S/C16H15F3N4O2S/c17-16(18,19)11-3-1-2-4-12(11)21-15(25)23(10-5-6-10)9-13(24)22-14-20-7-8-26-14/h1-4,7-8,10H,5-6,9H2,(H,21,25)(H,20,22,24). The normalized spacial score (nSPS) is 14.0. The SMILES string of the molecule is O=C(CN(C(=O)Nc1ccccc1C(F)(F)F)C1CC1)Nc1nccs1. The minimum absolute atomic E-state index is 0.157. The number of thiazole rings is 1. The van der Waals surface area contributed by atoms with Crippen molar-refractivity contribution in [2.45, 2.75) is 25.1 Å². The first-order chi connectivity index (χ1) is 12.3. The second-order valence-electron chi connectivity index (χ2n) is 5.72. The van der Waals surface area contributed by atoms with E-state index >= 15 is 0 Å². The molecule has 1 aromatic carbocycles. The first kappa shape index (κ1) is 18.2. The van der Waals surface area contributed by atoms with Crippen molar-refractivity contribution in [3.63, 3.8) is 0 Å². The lowest BCUT2D eigenvalue weighted by molar-refractivity contribution is -0.137. The number of nitrogens with zero attached hydrogens (tertiary/aromatic N) is 2. The highest BCUT2D eigenvalue weighted by molar-refractivity contribution is 7.13. The molecular weight excluding hydrogens is 369 g/mol. The molecule has 2 aromatic rings. The number of para-hydroxylation sites is 1. The molecule has 0 bridgehead atoms. The van der Waals surface area contributed by atoms with E-state index in [9.17, 15) is 22.8 Å². The van der Waals surface area contributed by atoms with Crippen LogP contribution in [0.5, 0.6) is 0 Å². The van der Waals surface area contributed by atoms with Gasteiger partial charge >= 0.3 is 12.2 Å². The van der Waals surface area contributed by atoms with E-state index in [2.05, 4.69) is 15.6 Å². The zero-order valence-corrected chi connectivity index (χ0v) is 14.2. The molecular formula is C16H15F3N4O2S. The fourth-order valence-electron chi connectivity index (χ4n) is 2.38. The van der Waals surface area contributed by atoms with Crippen LogP contribution in [-0.4, -0.2) is 34.4 Å². The molecule has 1 saturated carbocycles. The number of halogens is 3. The van der Waals surface area contributed by atoms with Gasteiger partial charge in [0.05, 0.1) is 11.3 Å². The third kappa shape index (κ3) is 4.51. The Morgan fingerprint density at radius 3 is 2.58 bits per heavy atom. The van der Waals surface area contributed by atoms with E-state index in [0.29, 0.717) is 18.0 Å². The molecule has 10 heteroatoms. The van der Waals surface area contributed by atoms with E-state index in [1.54, 1.807) is 5.38 Å². The summed E-state index contributed by atoms with van der Waals surface area (Å²) in [5, 5.41) is 6.92. The van der Waals surface area contributed by atoms with E-state index in [1.807, 2.05) is 0 Å². The smallest absolute Gasteiger partial charge is 0.312 e. The first-order valence-corrected chi connectivity index (χ1v) is 8.66. The van der Waals surface area contributed by atoms with Crippen LogP contribution in [0.2, 0.25) is 0 Å². The Bertz CT molecular complexity index is 791. The van der Waals surface area contributed by atoms with Crippen molar-refractivity contribution in [2.24, 2.45) is 0 Å². The van der Waals surface area contributed by atoms with Crippen molar-refractivity contribution in [2.75, 3.05) is 17.2 Å². The van der Waals surface area contributed by atoms with Gasteiger partial charge in [0.25, 0.3) is 0 Å². The molecule has 0 aliphatic heterocycles. The summed E-state index contributed by atoms with van der Waals surface area (Å²) in [4.78, 5) is 29.7. The Morgan fingerprint density at radius 1 is 1.23 bits per heavy atom. The molecule has 3 amide bonds. The number of hydrogen-bond acceptors (Lipinski definition) is 4. The van der Waals surface area contributed by atoms with Gasteiger partial charge in [-0.2, -0.15) is 13.2 Å². The Hall–Kier alpha value is -2.62. The Labute approximate surface area is 151 Å². The van der Waals surface area contributed by atoms with Crippen LogP contribution in [0.15, 0.2) is 35.8 Å². The lowest BCUT2D eigenvalue weighted by atomic mass is 10.1. The highest BCUT2D eigenvalue weighted by Crippen LogP contribution is 2.35. The number of urea groups is 1. The first-order valence-electron chi connectivity index (χ1n) is 7.78. The van der Waals surface area contributed by atoms with Crippen LogP contribution in [0.3, 0.4) is 0 Å². The third-order valence-electron chi connectivity index (χ3n) is 3.72. The topological polar surface area (TPSA) is 74.3 Å². The molecule has 1 heterocycles. The molecule has 0 radical (unpaired) electrons. The van der Waals surface area contributed by atoms with Gasteiger partial charge in [-0.1, -0.05) is 12.1 Å². The molecule has 3 rings (SSSR count). The predicted molar refractivity (Wildman–Crippen MR) is 90.9 cm³/mol. The van der Waals surface area contributed by atoms with E-state index in [0.717, 1.165) is 6.07 Å². The van der Waals surface area contributed by atoms with Gasteiger partial charge in [0.2, 0.25) is 5.91 Å². The average Bonchev–Trinajstić information content (AvgIpc) is 3.29. The molecule has 0 saturated heterocycles. The number of carbonyl (C=O) groups excluding carboxylic acids is 2. The van der Waals surface area contributed by atoms with E-state index in [4.69, 9.17) is 0 Å². The summed E-state index contributed by atoms with van der Waals surface area (Å²) < 4.78 is 39.2. The number of benzene rings is 1. The monoisotopic (exact) mass is 384 g/mol. The quantitative estimate of drug-likeness (QED) is 0.824. The maximum Gasteiger partial charge on any atom is 0.418 e. The van der Waals surface area contributed by atoms with Crippen molar-refractivity contribution >= 4 is 34.1 Å². The molecule has 138 valence electrons. The summed E-state index contributed by atoms with van der Waals surface area (Å²) in [6, 6.07) is 3.84. The maximum absolute atomic E-state index is 13.1. The fraction of sp³-hybridized carbons (Fsp3) is 0.312. The van der Waals surface area contributed by atoms with Crippen LogP contribution in [0.1, 0.15) is 18.4 Å². The Morgan fingerprint density at radius 2 is 1.96 bits per heavy atom. The number of amides is 3. The van der Waals surface area contributed by atoms with Crippen molar-refractivity contribution in [1.29, 1.82) is 0 Å². The summed E-state index contributed by atoms with van der Waals surface area (Å²) in [5.74, 6) is -0.453. The molecule has 1 aliphatic rings. The minimum Gasteiger partial charge on any atom is -0.312 e. The van der Waals surface area contributed by atoms with Crippen molar-refractivity contribution in [3.05, 3.63) is 41.4 Å². The van der Waals surface area contributed by atoms with Crippen LogP contribution in [0.25, 0.3) is 0 Å². The summed E-state index contributed by atoms with van der Waals surface area (Å²) in [5.41, 5.74) is -1.27. The van der Waals surface area contributed by atoms with Gasteiger partial charge in [0, 0.05) is 17.6 Å². The number of carbonyl (C=O) groups is 2. The maximum atomic E-state index is 13.1. The van der Waals surface area contributed by atoms with Gasteiger partial charge < -0.3 is 15.5 Å². The molecule has 6 nitrogen and oxygen atoms in total. The molecule has 0 unspecified atom stereocenters. The van der Waals surface area contributed by atoms with Gasteiger partial charge in [-0.3, -0.25) is 4.79 Å². The van der Waals surface area contributed by atoms with Crippen LogP contribution < -0.4 is 10.6 Å². The van der Waals surface area contributed by atoms with Crippen molar-refractivity contribution in [1.82, 2.24) is 9.88 Å². The van der Waals surface area contributed by atoms with Crippen LogP contribution >= 0.6 is 11.3 Å². The Balaban J connectivity index is 1.69. The second kappa shape index (κ2) is 7.32. The summed E-state index contributed by atoms with van der Waals surface area (Å²) in [6.07, 6.45) is -1.64. The van der Waals surface area contributed by atoms with Crippen LogP contribution in [-0.2, 0) is 11.0 Å². The Kier molecular flexibility index (Phi) is 5.12. The van der Waals surface area contributed by atoms with E-state index in [1.165, 1.54) is 40.6 Å². The number of hydrogen-bond donors (Lipinski definition) is 2. The van der Waals surface area contributed by atoms with Crippen molar-refractivity contribution < 1.29 is 22.8 Å². The molecule has 2 N–H and O–H groups in total. The lowest BCUT2D eigenvalue weighted by Gasteiger charge is -2.23. The summed E-state index contributed by atoms with van der Waals surface area (Å²) >= 11 is 1.23. The summed E-state index contributed by atoms with van der Waals surface area (Å²) in [7, 11) is 0. The van der Waals surface area contributed by atoms with Crippen LogP contribution in [0.4, 0.5) is 28.8 Å². The second-order valence-corrected chi connectivity index (χ2v) is 6.61. The van der Waals surface area contributed by atoms with E-state index < -0.39 is 23.7 Å². The zero-order chi connectivity index (χ0) is 18.7. The highest BCUT2D eigenvalue weighted by Gasteiger charge is 2.37. The lowest BCUT2D eigenvalue weighted by Crippen LogP contribution is -2.42. The fourth-order valence-corrected chi connectivity index (χ4v) is 2.92. The molecule has 0 atom stereocenters. The highest BCUT2D eigenvalue weighted by atomic mass is 32.1. The minimum atomic E-state index is -4.59. The van der Waals surface area contributed by atoms with Gasteiger partial charge in [0.15, 0.2) is 5.13 Å². The average molecular weight is 384 g/mol. The zero-order valence-electron chi connectivity index (χ0n) is 13.4. The number of aromatic nitrogens is 1. The predicted octanol–water partition coefficient (Wildman–Crippen LogP) is 3.80. The molecule has 1 aliphatic carbocycles. The molecule has 1 aromatic heterocycles. The largest absolute Gasteiger partial charge is 0.418 e. The molecule has 26 heavy (non-hydrogen) atoms. The van der Waals surface area contributed by atoms with Gasteiger partial charge in [-0.25, -0.2) is 9.78 Å². The number of alkyl halides is 3. The summed E-state index contributed by atoms with van der Waals surface area (Å²) in [6.45, 7) is -0.260. The number of anilines is 2.